The Morgan fingerprint density at radius 1 is 1.06 bits per heavy atom. The Labute approximate surface area is 198 Å². The van der Waals surface area contributed by atoms with Crippen LogP contribution in [0.1, 0.15) is 29.0 Å². The highest BCUT2D eigenvalue weighted by atomic mass is 32.2. The molecule has 0 N–H and O–H groups in total. The van der Waals surface area contributed by atoms with E-state index in [1.54, 1.807) is 28.4 Å². The van der Waals surface area contributed by atoms with E-state index in [1.165, 1.54) is 35.2 Å². The number of hydrogen-bond acceptors (Lipinski definition) is 7. The summed E-state index contributed by atoms with van der Waals surface area (Å²) < 4.78 is 18.8. The van der Waals surface area contributed by atoms with Crippen molar-refractivity contribution < 1.29 is 13.6 Å². The molecule has 0 spiro atoms. The van der Waals surface area contributed by atoms with Gasteiger partial charge in [-0.1, -0.05) is 42.1 Å². The van der Waals surface area contributed by atoms with Crippen LogP contribution in [0, 0.1) is 5.82 Å². The van der Waals surface area contributed by atoms with Gasteiger partial charge < -0.3 is 4.42 Å². The summed E-state index contributed by atoms with van der Waals surface area (Å²) in [7, 11) is 0. The van der Waals surface area contributed by atoms with E-state index < -0.39 is 0 Å². The first-order valence-corrected chi connectivity index (χ1v) is 12.5. The van der Waals surface area contributed by atoms with Crippen LogP contribution in [-0.2, 0) is 24.2 Å². The van der Waals surface area contributed by atoms with E-state index in [-0.39, 0.29) is 17.5 Å². The van der Waals surface area contributed by atoms with E-state index >= 15 is 0 Å². The number of halogens is 1. The van der Waals surface area contributed by atoms with Crippen molar-refractivity contribution in [3.8, 4) is 11.5 Å². The minimum absolute atomic E-state index is 0.0727. The van der Waals surface area contributed by atoms with Crippen molar-refractivity contribution in [3.63, 3.8) is 0 Å². The molecule has 2 heterocycles. The zero-order chi connectivity index (χ0) is 22.6. The number of nitrogens with zero attached hydrogens (tertiary/aromatic N) is 4. The maximum Gasteiger partial charge on any atom is 0.277 e. The van der Waals surface area contributed by atoms with Crippen molar-refractivity contribution in [2.24, 2.45) is 0 Å². The summed E-state index contributed by atoms with van der Waals surface area (Å²) >= 11 is 2.80. The zero-order valence-electron chi connectivity index (χ0n) is 17.7. The largest absolute Gasteiger partial charge is 0.411 e. The molecule has 0 aliphatic heterocycles. The highest BCUT2D eigenvalue weighted by Gasteiger charge is 2.24. The minimum Gasteiger partial charge on any atom is -0.411 e. The number of aryl methyl sites for hydroxylation is 2. The van der Waals surface area contributed by atoms with Gasteiger partial charge in [-0.2, -0.15) is 0 Å². The lowest BCUT2D eigenvalue weighted by molar-refractivity contribution is -0.116. The van der Waals surface area contributed by atoms with Crippen LogP contribution in [0.15, 0.2) is 64.2 Å². The average molecular weight is 481 g/mol. The van der Waals surface area contributed by atoms with Gasteiger partial charge in [0.05, 0.1) is 18.0 Å². The lowest BCUT2D eigenvalue weighted by Gasteiger charge is -2.19. The van der Waals surface area contributed by atoms with Gasteiger partial charge in [-0.3, -0.25) is 9.69 Å². The van der Waals surface area contributed by atoms with Crippen LogP contribution >= 0.6 is 23.1 Å². The fourth-order valence-corrected chi connectivity index (χ4v) is 5.46. The molecule has 0 atom stereocenters. The molecule has 168 valence electrons. The highest BCUT2D eigenvalue weighted by Crippen LogP contribution is 2.33. The smallest absolute Gasteiger partial charge is 0.277 e. The van der Waals surface area contributed by atoms with Crippen LogP contribution in [-0.4, -0.2) is 26.8 Å². The maximum atomic E-state index is 13.3. The molecule has 9 heteroatoms. The van der Waals surface area contributed by atoms with Crippen LogP contribution in [0.4, 0.5) is 9.52 Å². The number of carbonyl (C=O) groups excluding carboxylic acids is 1. The van der Waals surface area contributed by atoms with Crippen molar-refractivity contribution in [1.82, 2.24) is 15.2 Å². The summed E-state index contributed by atoms with van der Waals surface area (Å²) in [6, 6.07) is 15.7. The normalized spacial score (nSPS) is 13.0. The number of fused-ring (bicyclic) bond motifs is 1. The molecular formula is C24H21FN4O2S2. The second-order valence-corrected chi connectivity index (χ2v) is 9.70. The van der Waals surface area contributed by atoms with E-state index in [1.807, 2.05) is 30.3 Å². The molecule has 0 fully saturated rings. The predicted molar refractivity (Wildman–Crippen MR) is 127 cm³/mol. The van der Waals surface area contributed by atoms with Gasteiger partial charge in [0.2, 0.25) is 11.8 Å². The molecule has 6 nitrogen and oxygen atoms in total. The van der Waals surface area contributed by atoms with E-state index in [0.717, 1.165) is 35.7 Å². The Balaban J connectivity index is 1.32. The zero-order valence-corrected chi connectivity index (χ0v) is 19.4. The molecule has 2 aromatic heterocycles. The summed E-state index contributed by atoms with van der Waals surface area (Å²) in [5.41, 5.74) is 2.79. The van der Waals surface area contributed by atoms with Gasteiger partial charge >= 0.3 is 0 Å². The number of hydrogen-bond donors (Lipinski definition) is 0. The first kappa shape index (κ1) is 21.8. The van der Waals surface area contributed by atoms with Gasteiger partial charge in [0.15, 0.2) is 5.13 Å². The number of thioether (sulfide) groups is 1. The number of anilines is 1. The van der Waals surface area contributed by atoms with E-state index in [0.29, 0.717) is 23.2 Å². The van der Waals surface area contributed by atoms with Gasteiger partial charge in [0.1, 0.15) is 5.82 Å². The topological polar surface area (TPSA) is 72.1 Å². The summed E-state index contributed by atoms with van der Waals surface area (Å²) in [6.07, 6.45) is 4.32. The Morgan fingerprint density at radius 3 is 2.64 bits per heavy atom. The molecule has 33 heavy (non-hydrogen) atoms. The van der Waals surface area contributed by atoms with Gasteiger partial charge in [0.25, 0.3) is 5.22 Å². The highest BCUT2D eigenvalue weighted by molar-refractivity contribution is 7.99. The number of rotatable bonds is 7. The van der Waals surface area contributed by atoms with Crippen molar-refractivity contribution in [2.75, 3.05) is 10.7 Å². The summed E-state index contributed by atoms with van der Waals surface area (Å²) in [5, 5.41) is 9.08. The molecule has 1 aliphatic carbocycles. The van der Waals surface area contributed by atoms with Gasteiger partial charge in [-0.05, 0) is 55.5 Å². The van der Waals surface area contributed by atoms with Crippen molar-refractivity contribution in [3.05, 3.63) is 76.5 Å². The third-order valence-electron chi connectivity index (χ3n) is 5.37. The summed E-state index contributed by atoms with van der Waals surface area (Å²) in [5.74, 6) is 0.0262. The quantitative estimate of drug-likeness (QED) is 0.324. The van der Waals surface area contributed by atoms with Crippen LogP contribution < -0.4 is 4.90 Å². The standard InChI is InChI=1S/C24H21FN4O2S2/c25-18-12-10-17(11-13-18)22-27-28-24(31-22)32-15-21(30)29(14-16-6-2-1-3-7-16)23-26-19-8-4-5-9-20(19)33-23/h1-3,6-7,10-13H,4-5,8-9,14-15H2. The van der Waals surface area contributed by atoms with Crippen LogP contribution in [0.25, 0.3) is 11.5 Å². The molecule has 0 bridgehead atoms. The molecule has 0 saturated heterocycles. The average Bonchev–Trinajstić information content (AvgIpc) is 3.49. The molecular weight excluding hydrogens is 459 g/mol. The molecule has 0 unspecified atom stereocenters. The third-order valence-corrected chi connectivity index (χ3v) is 7.35. The Kier molecular flexibility index (Phi) is 6.50. The van der Waals surface area contributed by atoms with Crippen molar-refractivity contribution >= 4 is 34.1 Å². The molecule has 0 radical (unpaired) electrons. The molecule has 1 amide bonds. The van der Waals surface area contributed by atoms with E-state index in [4.69, 9.17) is 9.40 Å². The first-order chi connectivity index (χ1) is 16.2. The van der Waals surface area contributed by atoms with E-state index in [2.05, 4.69) is 10.2 Å². The predicted octanol–water partition coefficient (Wildman–Crippen LogP) is 5.54. The van der Waals surface area contributed by atoms with Gasteiger partial charge in [-0.15, -0.1) is 21.5 Å². The fourth-order valence-electron chi connectivity index (χ4n) is 3.66. The molecule has 2 aromatic carbocycles. The Bertz CT molecular complexity index is 1220. The third kappa shape index (κ3) is 5.15. The lowest BCUT2D eigenvalue weighted by atomic mass is 10.0. The molecule has 4 aromatic rings. The molecule has 1 aliphatic rings. The number of thiazole rings is 1. The second-order valence-electron chi connectivity index (χ2n) is 7.71. The fraction of sp³-hybridized carbons (Fsp3) is 0.250. The van der Waals surface area contributed by atoms with Crippen molar-refractivity contribution in [2.45, 2.75) is 37.5 Å². The first-order valence-electron chi connectivity index (χ1n) is 10.7. The minimum atomic E-state index is -0.333. The summed E-state index contributed by atoms with van der Waals surface area (Å²) in [4.78, 5) is 21.1. The van der Waals surface area contributed by atoms with Crippen LogP contribution in [0.5, 0.6) is 0 Å². The Morgan fingerprint density at radius 2 is 1.85 bits per heavy atom. The van der Waals surface area contributed by atoms with Gasteiger partial charge in [0, 0.05) is 10.4 Å². The number of carbonyl (C=O) groups is 1. The maximum absolute atomic E-state index is 13.3. The molecule has 5 rings (SSSR count). The van der Waals surface area contributed by atoms with Crippen LogP contribution in [0.2, 0.25) is 0 Å². The van der Waals surface area contributed by atoms with Crippen LogP contribution in [0.3, 0.4) is 0 Å². The number of amides is 1. The number of aromatic nitrogens is 3. The van der Waals surface area contributed by atoms with E-state index in [9.17, 15) is 9.18 Å². The van der Waals surface area contributed by atoms with Crippen molar-refractivity contribution in [1.29, 1.82) is 0 Å². The summed E-state index contributed by atoms with van der Waals surface area (Å²) in [6.45, 7) is 0.456. The number of benzene rings is 2. The second kappa shape index (κ2) is 9.84. The molecule has 0 saturated carbocycles. The lowest BCUT2D eigenvalue weighted by Crippen LogP contribution is -2.31. The Hall–Kier alpha value is -3.04. The SMILES string of the molecule is O=C(CSc1nnc(-c2ccc(F)cc2)o1)N(Cc1ccccc1)c1nc2c(s1)CCCC2. The van der Waals surface area contributed by atoms with Gasteiger partial charge in [-0.25, -0.2) is 9.37 Å². The monoisotopic (exact) mass is 480 g/mol.